The molecule has 26 heavy (non-hydrogen) atoms. The molecule has 8 heteroatoms. The molecule has 2 rings (SSSR count). The summed E-state index contributed by atoms with van der Waals surface area (Å²) in [6, 6.07) is 9.86. The molecule has 0 aliphatic heterocycles. The van der Waals surface area contributed by atoms with E-state index in [-0.39, 0.29) is 56.7 Å². The van der Waals surface area contributed by atoms with Gasteiger partial charge in [0.15, 0.2) is 15.6 Å². The summed E-state index contributed by atoms with van der Waals surface area (Å²) in [5.41, 5.74) is -0.200. The summed E-state index contributed by atoms with van der Waals surface area (Å²) >= 11 is 0. The Morgan fingerprint density at radius 3 is 1.69 bits per heavy atom. The van der Waals surface area contributed by atoms with Gasteiger partial charge in [0.2, 0.25) is 0 Å². The summed E-state index contributed by atoms with van der Waals surface area (Å²) in [6.45, 7) is 1.19. The molecule has 0 aliphatic carbocycles. The van der Waals surface area contributed by atoms with E-state index in [1.54, 1.807) is 0 Å². The maximum Gasteiger partial charge on any atom is 1.00 e. The first kappa shape index (κ1) is 22.2. The molecule has 2 aromatic rings. The largest absolute Gasteiger partial charge is 1.00 e. The van der Waals surface area contributed by atoms with E-state index in [2.05, 4.69) is 0 Å². The van der Waals surface area contributed by atoms with Crippen LogP contribution in [0, 0.1) is 5.82 Å². The molecule has 0 saturated carbocycles. The molecule has 0 heterocycles. The second kappa shape index (κ2) is 8.73. The number of benzene rings is 2. The van der Waals surface area contributed by atoms with Gasteiger partial charge in [0.05, 0.1) is 10.9 Å². The van der Waals surface area contributed by atoms with Gasteiger partial charge in [0.1, 0.15) is 5.82 Å². The van der Waals surface area contributed by atoms with E-state index >= 15 is 0 Å². The number of halogens is 1. The molecule has 0 N–H and O–H groups in total. The van der Waals surface area contributed by atoms with Crippen molar-refractivity contribution < 1.29 is 57.1 Å². The van der Waals surface area contributed by atoms with Gasteiger partial charge in [-0.25, -0.2) is 12.8 Å². The first-order valence-electron chi connectivity index (χ1n) is 7.14. The first-order valence-corrected chi connectivity index (χ1v) is 9.03. The van der Waals surface area contributed by atoms with E-state index in [1.807, 2.05) is 0 Å². The van der Waals surface area contributed by atoms with Crippen molar-refractivity contribution in [2.75, 3.05) is 6.26 Å². The number of rotatable bonds is 5. The summed E-state index contributed by atoms with van der Waals surface area (Å²) < 4.78 is 36.1. The molecule has 0 fully saturated rings. The van der Waals surface area contributed by atoms with Crippen molar-refractivity contribution in [2.24, 2.45) is 0 Å². The van der Waals surface area contributed by atoms with Gasteiger partial charge in [0.25, 0.3) is 0 Å². The van der Waals surface area contributed by atoms with Crippen LogP contribution in [0.25, 0.3) is 11.1 Å². The molecule has 0 saturated heterocycles. The zero-order valence-corrected chi connectivity index (χ0v) is 17.3. The number of allylic oxidation sites excluding steroid dienone is 1. The van der Waals surface area contributed by atoms with E-state index in [1.165, 1.54) is 43.3 Å². The van der Waals surface area contributed by atoms with Crippen molar-refractivity contribution in [3.8, 4) is 0 Å². The van der Waals surface area contributed by atoms with E-state index in [9.17, 15) is 27.5 Å². The van der Waals surface area contributed by atoms with E-state index in [0.29, 0.717) is 0 Å². The minimum atomic E-state index is -3.43. The quantitative estimate of drug-likeness (QED) is 0.355. The topological polar surface area (TPSA) is 91.3 Å². The minimum absolute atomic E-state index is 0. The number of carboxylic acids is 1. The van der Waals surface area contributed by atoms with E-state index in [0.717, 1.165) is 18.4 Å². The first-order chi connectivity index (χ1) is 11.6. The van der Waals surface area contributed by atoms with E-state index < -0.39 is 27.4 Å². The Kier molecular flexibility index (Phi) is 7.46. The van der Waals surface area contributed by atoms with Crippen LogP contribution in [0.3, 0.4) is 0 Å². The summed E-state index contributed by atoms with van der Waals surface area (Å²) in [4.78, 5) is 23.7. The van der Waals surface area contributed by atoms with Crippen LogP contribution in [0.1, 0.15) is 18.1 Å². The SMILES string of the molecule is CC(=O)C(=C(C(=O)[O-])c1ccc(F)cc1)c1ccc(S(C)(=O)=O)cc1.[Na+]. The predicted octanol–water partition coefficient (Wildman–Crippen LogP) is -1.52. The van der Waals surface area contributed by atoms with Gasteiger partial charge in [-0.3, -0.25) is 4.79 Å². The van der Waals surface area contributed by atoms with Crippen molar-refractivity contribution in [1.82, 2.24) is 0 Å². The van der Waals surface area contributed by atoms with Gasteiger partial charge in [-0.15, -0.1) is 0 Å². The Bertz CT molecular complexity index is 962. The Morgan fingerprint density at radius 1 is 0.885 bits per heavy atom. The molecule has 0 unspecified atom stereocenters. The van der Waals surface area contributed by atoms with Crippen LogP contribution in [-0.4, -0.2) is 26.4 Å². The number of Topliss-reactive ketones (excluding diaryl/α,β-unsaturated/α-hetero) is 1. The zero-order valence-electron chi connectivity index (χ0n) is 14.4. The Balaban J connectivity index is 0.00000338. The Labute approximate surface area is 172 Å². The molecule has 0 aliphatic rings. The third kappa shape index (κ3) is 5.11. The van der Waals surface area contributed by atoms with Gasteiger partial charge in [-0.1, -0.05) is 24.3 Å². The summed E-state index contributed by atoms with van der Waals surface area (Å²) in [7, 11) is -3.43. The third-order valence-electron chi connectivity index (χ3n) is 3.51. The van der Waals surface area contributed by atoms with Crippen LogP contribution >= 0.6 is 0 Å². The fourth-order valence-electron chi connectivity index (χ4n) is 2.37. The number of carbonyl (C=O) groups is 2. The molecule has 2 aromatic carbocycles. The van der Waals surface area contributed by atoms with E-state index in [4.69, 9.17) is 0 Å². The molecule has 130 valence electrons. The number of hydrogen-bond acceptors (Lipinski definition) is 5. The fourth-order valence-corrected chi connectivity index (χ4v) is 3.00. The number of ketones is 1. The number of aliphatic carboxylic acids is 1. The van der Waals surface area contributed by atoms with Crippen molar-refractivity contribution in [2.45, 2.75) is 11.8 Å². The second-order valence-corrected chi connectivity index (χ2v) is 7.41. The van der Waals surface area contributed by atoms with Gasteiger partial charge in [0, 0.05) is 17.4 Å². The van der Waals surface area contributed by atoms with Gasteiger partial charge in [-0.05, 0) is 42.3 Å². The standard InChI is InChI=1S/C18H15FO5S.Na/c1-11(20)16(12-5-9-15(10-6-12)25(2,23)24)17(18(21)22)13-3-7-14(19)8-4-13;/h3-10H,1-2H3,(H,21,22);/q;+1/p-1. The minimum Gasteiger partial charge on any atom is -0.545 e. The Hall–Kier alpha value is -1.80. The second-order valence-electron chi connectivity index (χ2n) is 5.40. The Morgan fingerprint density at radius 2 is 1.31 bits per heavy atom. The molecule has 0 radical (unpaired) electrons. The average molecular weight is 384 g/mol. The van der Waals surface area contributed by atoms with Crippen LogP contribution in [0.15, 0.2) is 53.4 Å². The van der Waals surface area contributed by atoms with Crippen LogP contribution in [0.4, 0.5) is 4.39 Å². The third-order valence-corrected chi connectivity index (χ3v) is 4.64. The number of hydrogen-bond donors (Lipinski definition) is 0. The summed E-state index contributed by atoms with van der Waals surface area (Å²) in [5, 5.41) is 11.6. The molecular formula is C18H14FNaO5S. The maximum atomic E-state index is 13.1. The molecular weight excluding hydrogens is 370 g/mol. The fraction of sp³-hybridized carbons (Fsp3) is 0.111. The monoisotopic (exact) mass is 384 g/mol. The van der Waals surface area contributed by atoms with Crippen LogP contribution < -0.4 is 34.7 Å². The molecule has 0 atom stereocenters. The normalized spacial score (nSPS) is 12.0. The summed E-state index contributed by atoms with van der Waals surface area (Å²) in [5.74, 6) is -2.69. The van der Waals surface area contributed by atoms with Crippen LogP contribution in [-0.2, 0) is 19.4 Å². The van der Waals surface area contributed by atoms with Gasteiger partial charge in [-0.2, -0.15) is 0 Å². The van der Waals surface area contributed by atoms with Crippen molar-refractivity contribution in [3.05, 3.63) is 65.5 Å². The van der Waals surface area contributed by atoms with Crippen molar-refractivity contribution in [1.29, 1.82) is 0 Å². The summed E-state index contributed by atoms with van der Waals surface area (Å²) in [6.07, 6.45) is 1.04. The van der Waals surface area contributed by atoms with Crippen molar-refractivity contribution in [3.63, 3.8) is 0 Å². The number of carboxylic acid groups (broad SMARTS) is 1. The van der Waals surface area contributed by atoms with Gasteiger partial charge < -0.3 is 9.90 Å². The molecule has 0 bridgehead atoms. The number of carbonyl (C=O) groups excluding carboxylic acids is 2. The molecule has 0 aromatic heterocycles. The number of sulfone groups is 1. The molecule has 0 spiro atoms. The maximum absolute atomic E-state index is 13.1. The zero-order chi connectivity index (χ0) is 18.8. The van der Waals surface area contributed by atoms with Crippen LogP contribution in [0.5, 0.6) is 0 Å². The van der Waals surface area contributed by atoms with Crippen molar-refractivity contribution >= 4 is 32.7 Å². The average Bonchev–Trinajstić information content (AvgIpc) is 2.52. The molecule has 5 nitrogen and oxygen atoms in total. The molecule has 0 amide bonds. The van der Waals surface area contributed by atoms with Gasteiger partial charge >= 0.3 is 29.6 Å². The smallest absolute Gasteiger partial charge is 0.545 e. The predicted molar refractivity (Wildman–Crippen MR) is 88.5 cm³/mol. The van der Waals surface area contributed by atoms with Crippen LogP contribution in [0.2, 0.25) is 0 Å².